The van der Waals surface area contributed by atoms with Crippen LogP contribution in [0.1, 0.15) is 53.1 Å². The molecule has 3 heteroatoms. The average Bonchev–Trinajstić information content (AvgIpc) is 2.54. The molecule has 0 saturated heterocycles. The van der Waals surface area contributed by atoms with Crippen LogP contribution in [0.3, 0.4) is 0 Å². The van der Waals surface area contributed by atoms with Crippen LogP contribution in [0.25, 0.3) is 0 Å². The summed E-state index contributed by atoms with van der Waals surface area (Å²) in [4.78, 5) is 13.8. The highest BCUT2D eigenvalue weighted by atomic mass is 32.2. The van der Waals surface area contributed by atoms with Crippen molar-refractivity contribution in [3.63, 3.8) is 0 Å². The first-order chi connectivity index (χ1) is 11.7. The first-order valence-corrected chi connectivity index (χ1v) is 9.80. The Morgan fingerprint density at radius 3 is 2.16 bits per heavy atom. The van der Waals surface area contributed by atoms with E-state index in [0.29, 0.717) is 11.7 Å². The highest BCUT2D eigenvalue weighted by Gasteiger charge is 2.14. The van der Waals surface area contributed by atoms with E-state index in [1.807, 2.05) is 13.0 Å². The molecule has 2 aromatic carbocycles. The lowest BCUT2D eigenvalue weighted by Crippen LogP contribution is -2.17. The Morgan fingerprint density at radius 1 is 1.00 bits per heavy atom. The summed E-state index contributed by atoms with van der Waals surface area (Å²) in [6.07, 6.45) is 0. The van der Waals surface area contributed by atoms with Crippen LogP contribution in [0.15, 0.2) is 29.2 Å². The molecule has 0 aromatic heterocycles. The van der Waals surface area contributed by atoms with Gasteiger partial charge in [0.2, 0.25) is 5.91 Å². The molecule has 0 aliphatic heterocycles. The smallest absolute Gasteiger partial charge is 0.234 e. The van der Waals surface area contributed by atoms with Gasteiger partial charge in [-0.2, -0.15) is 0 Å². The van der Waals surface area contributed by atoms with Crippen molar-refractivity contribution in [2.75, 3.05) is 11.1 Å². The first kappa shape index (κ1) is 19.6. The Kier molecular flexibility index (Phi) is 6.34. The molecular formula is C22H29NOS. The number of benzene rings is 2. The Labute approximate surface area is 156 Å². The standard InChI is InChI=1S/C22H29NOS/c1-13(2)19-10-8-9-14(3)21(19)23-20(24)12-25-22-17(6)15(4)11-16(5)18(22)7/h8-11,13H,12H2,1-7H3,(H,23,24). The van der Waals surface area contributed by atoms with E-state index in [-0.39, 0.29) is 5.91 Å². The van der Waals surface area contributed by atoms with E-state index in [2.05, 4.69) is 65.1 Å². The number of carbonyl (C=O) groups excluding carboxylic acids is 1. The molecule has 2 nitrogen and oxygen atoms in total. The summed E-state index contributed by atoms with van der Waals surface area (Å²) >= 11 is 1.64. The van der Waals surface area contributed by atoms with Crippen molar-refractivity contribution < 1.29 is 4.79 Å². The van der Waals surface area contributed by atoms with Crippen LogP contribution in [0.2, 0.25) is 0 Å². The van der Waals surface area contributed by atoms with Gasteiger partial charge in [0.1, 0.15) is 0 Å². The molecule has 0 aliphatic rings. The van der Waals surface area contributed by atoms with Crippen molar-refractivity contribution in [1.82, 2.24) is 0 Å². The van der Waals surface area contributed by atoms with Crippen LogP contribution in [-0.4, -0.2) is 11.7 Å². The zero-order valence-corrected chi connectivity index (χ0v) is 17.2. The lowest BCUT2D eigenvalue weighted by atomic mass is 9.98. The normalized spacial score (nSPS) is 11.0. The molecule has 2 aromatic rings. The molecule has 0 atom stereocenters. The van der Waals surface area contributed by atoms with Crippen molar-refractivity contribution in [1.29, 1.82) is 0 Å². The molecule has 0 radical (unpaired) electrons. The van der Waals surface area contributed by atoms with Crippen molar-refractivity contribution in [2.24, 2.45) is 0 Å². The summed E-state index contributed by atoms with van der Waals surface area (Å²) in [5.41, 5.74) is 8.40. The fraction of sp³-hybridized carbons (Fsp3) is 0.409. The van der Waals surface area contributed by atoms with Crippen LogP contribution >= 0.6 is 11.8 Å². The number of aryl methyl sites for hydroxylation is 3. The Balaban J connectivity index is 2.16. The zero-order valence-electron chi connectivity index (χ0n) is 16.4. The average molecular weight is 356 g/mol. The summed E-state index contributed by atoms with van der Waals surface area (Å²) in [5, 5.41) is 3.14. The van der Waals surface area contributed by atoms with E-state index >= 15 is 0 Å². The minimum absolute atomic E-state index is 0.0548. The number of hydrogen-bond donors (Lipinski definition) is 1. The molecule has 25 heavy (non-hydrogen) atoms. The minimum Gasteiger partial charge on any atom is -0.325 e. The molecule has 1 amide bonds. The number of nitrogens with one attached hydrogen (secondary N) is 1. The molecule has 0 unspecified atom stereocenters. The molecule has 1 N–H and O–H groups in total. The fourth-order valence-corrected chi connectivity index (χ4v) is 4.16. The highest BCUT2D eigenvalue weighted by Crippen LogP contribution is 2.32. The zero-order chi connectivity index (χ0) is 18.7. The molecule has 0 aliphatic carbocycles. The summed E-state index contributed by atoms with van der Waals surface area (Å²) in [6.45, 7) is 14.9. The van der Waals surface area contributed by atoms with E-state index in [1.165, 1.54) is 32.7 Å². The van der Waals surface area contributed by atoms with Crippen LogP contribution in [0.4, 0.5) is 5.69 Å². The van der Waals surface area contributed by atoms with Gasteiger partial charge in [0, 0.05) is 10.6 Å². The molecule has 0 fully saturated rings. The lowest BCUT2D eigenvalue weighted by Gasteiger charge is -2.17. The van der Waals surface area contributed by atoms with Crippen molar-refractivity contribution in [3.05, 3.63) is 57.6 Å². The monoisotopic (exact) mass is 355 g/mol. The molecule has 0 heterocycles. The van der Waals surface area contributed by atoms with Gasteiger partial charge >= 0.3 is 0 Å². The Hall–Kier alpha value is -1.74. The molecule has 134 valence electrons. The summed E-state index contributed by atoms with van der Waals surface area (Å²) in [5.74, 6) is 0.863. The summed E-state index contributed by atoms with van der Waals surface area (Å²) in [6, 6.07) is 8.42. The van der Waals surface area contributed by atoms with Crippen LogP contribution in [0.5, 0.6) is 0 Å². The maximum atomic E-state index is 12.6. The van der Waals surface area contributed by atoms with E-state index in [0.717, 1.165) is 11.3 Å². The lowest BCUT2D eigenvalue weighted by molar-refractivity contribution is -0.113. The van der Waals surface area contributed by atoms with Crippen molar-refractivity contribution in [3.8, 4) is 0 Å². The van der Waals surface area contributed by atoms with Gasteiger partial charge in [-0.15, -0.1) is 11.8 Å². The number of anilines is 1. The number of rotatable bonds is 5. The van der Waals surface area contributed by atoms with Crippen LogP contribution < -0.4 is 5.32 Å². The predicted octanol–water partition coefficient (Wildman–Crippen LogP) is 6.08. The topological polar surface area (TPSA) is 29.1 Å². The molecule has 0 saturated carbocycles. The second-order valence-corrected chi connectivity index (χ2v) is 8.11. The van der Waals surface area contributed by atoms with Gasteiger partial charge in [0.25, 0.3) is 0 Å². The second-order valence-electron chi connectivity index (χ2n) is 7.12. The van der Waals surface area contributed by atoms with Crippen molar-refractivity contribution >= 4 is 23.4 Å². The van der Waals surface area contributed by atoms with Gasteiger partial charge < -0.3 is 5.32 Å². The number of para-hydroxylation sites is 1. The number of carbonyl (C=O) groups is 1. The third-order valence-electron chi connectivity index (χ3n) is 4.84. The number of thioether (sulfide) groups is 1. The quantitative estimate of drug-likeness (QED) is 0.658. The van der Waals surface area contributed by atoms with Gasteiger partial charge in [0.15, 0.2) is 0 Å². The van der Waals surface area contributed by atoms with Gasteiger partial charge in [-0.05, 0) is 73.9 Å². The van der Waals surface area contributed by atoms with E-state index in [4.69, 9.17) is 0 Å². The fourth-order valence-electron chi connectivity index (χ4n) is 3.05. The summed E-state index contributed by atoms with van der Waals surface area (Å²) in [7, 11) is 0. The number of amides is 1. The third kappa shape index (κ3) is 4.46. The molecule has 0 bridgehead atoms. The minimum atomic E-state index is 0.0548. The highest BCUT2D eigenvalue weighted by molar-refractivity contribution is 8.00. The predicted molar refractivity (Wildman–Crippen MR) is 110 cm³/mol. The SMILES string of the molecule is Cc1cc(C)c(C)c(SCC(=O)Nc2c(C)cccc2C(C)C)c1C. The van der Waals surface area contributed by atoms with E-state index < -0.39 is 0 Å². The van der Waals surface area contributed by atoms with Gasteiger partial charge in [0.05, 0.1) is 5.75 Å². The third-order valence-corrected chi connectivity index (χ3v) is 6.14. The Bertz CT molecular complexity index is 767. The molecule has 0 spiro atoms. The van der Waals surface area contributed by atoms with Crippen LogP contribution in [0, 0.1) is 34.6 Å². The van der Waals surface area contributed by atoms with Gasteiger partial charge in [-0.25, -0.2) is 0 Å². The maximum absolute atomic E-state index is 12.6. The van der Waals surface area contributed by atoms with Crippen LogP contribution in [-0.2, 0) is 4.79 Å². The van der Waals surface area contributed by atoms with E-state index in [1.54, 1.807) is 11.8 Å². The Morgan fingerprint density at radius 2 is 1.60 bits per heavy atom. The second kappa shape index (κ2) is 8.09. The number of hydrogen-bond acceptors (Lipinski definition) is 2. The van der Waals surface area contributed by atoms with Gasteiger partial charge in [-0.3, -0.25) is 4.79 Å². The van der Waals surface area contributed by atoms with E-state index in [9.17, 15) is 4.79 Å². The van der Waals surface area contributed by atoms with Gasteiger partial charge in [-0.1, -0.05) is 38.1 Å². The largest absolute Gasteiger partial charge is 0.325 e. The first-order valence-electron chi connectivity index (χ1n) is 8.82. The maximum Gasteiger partial charge on any atom is 0.234 e. The molecular weight excluding hydrogens is 326 g/mol. The van der Waals surface area contributed by atoms with Crippen molar-refractivity contribution in [2.45, 2.75) is 59.3 Å². The summed E-state index contributed by atoms with van der Waals surface area (Å²) < 4.78 is 0. The molecule has 2 rings (SSSR count).